The number of hydrogen-bond donors (Lipinski definition) is 0. The van der Waals surface area contributed by atoms with E-state index in [-0.39, 0.29) is 11.9 Å². The second kappa shape index (κ2) is 7.25. The molecule has 0 aromatic carbocycles. The summed E-state index contributed by atoms with van der Waals surface area (Å²) in [5.41, 5.74) is 0. The summed E-state index contributed by atoms with van der Waals surface area (Å²) in [5, 5.41) is 8.77. The number of hydrogen-bond acceptors (Lipinski definition) is 4. The number of methoxy groups -OCH3 is 1. The molecule has 5 heteroatoms. The van der Waals surface area contributed by atoms with E-state index >= 15 is 0 Å². The molecule has 1 atom stereocenters. The molecule has 0 saturated heterocycles. The summed E-state index contributed by atoms with van der Waals surface area (Å²) in [6.45, 7) is 0.849. The standard InChI is InChI=1S/C17H27N3O2/c1-22-17(21)14-8-10-16-19-18-15(20(16)12-11-14)9-7-13-5-3-2-4-6-13/h13-14H,2-12H2,1H3. The van der Waals surface area contributed by atoms with E-state index in [1.54, 1.807) is 0 Å². The van der Waals surface area contributed by atoms with E-state index in [0.29, 0.717) is 0 Å². The van der Waals surface area contributed by atoms with Gasteiger partial charge in [-0.15, -0.1) is 10.2 Å². The van der Waals surface area contributed by atoms with Gasteiger partial charge in [-0.05, 0) is 25.2 Å². The molecule has 0 N–H and O–H groups in total. The van der Waals surface area contributed by atoms with Gasteiger partial charge in [0.15, 0.2) is 0 Å². The van der Waals surface area contributed by atoms with Crippen LogP contribution in [0.2, 0.25) is 0 Å². The molecule has 1 aliphatic heterocycles. The molecule has 1 aromatic rings. The van der Waals surface area contributed by atoms with E-state index < -0.39 is 0 Å². The maximum absolute atomic E-state index is 11.7. The quantitative estimate of drug-likeness (QED) is 0.803. The molecule has 2 heterocycles. The average molecular weight is 305 g/mol. The van der Waals surface area contributed by atoms with Crippen LogP contribution in [0, 0.1) is 11.8 Å². The monoisotopic (exact) mass is 305 g/mol. The van der Waals surface area contributed by atoms with Crippen LogP contribution in [0.15, 0.2) is 0 Å². The molecule has 0 bridgehead atoms. The Morgan fingerprint density at radius 1 is 1.18 bits per heavy atom. The van der Waals surface area contributed by atoms with Crippen LogP contribution in [0.4, 0.5) is 0 Å². The molecule has 1 aromatic heterocycles. The number of aryl methyl sites for hydroxylation is 2. The SMILES string of the molecule is COC(=O)C1CCc2nnc(CCC3CCCCC3)n2CC1. The number of fused-ring (bicyclic) bond motifs is 1. The number of rotatable bonds is 4. The van der Waals surface area contributed by atoms with Gasteiger partial charge >= 0.3 is 5.97 Å². The fraction of sp³-hybridized carbons (Fsp3) is 0.824. The molecule has 3 rings (SSSR count). The van der Waals surface area contributed by atoms with E-state index in [1.165, 1.54) is 45.6 Å². The zero-order chi connectivity index (χ0) is 15.4. The second-order valence-corrected chi connectivity index (χ2v) is 6.77. The Hall–Kier alpha value is -1.39. The highest BCUT2D eigenvalue weighted by Gasteiger charge is 2.25. The van der Waals surface area contributed by atoms with E-state index in [2.05, 4.69) is 14.8 Å². The summed E-state index contributed by atoms with van der Waals surface area (Å²) in [4.78, 5) is 11.7. The molecule has 1 unspecified atom stereocenters. The molecule has 1 saturated carbocycles. The summed E-state index contributed by atoms with van der Waals surface area (Å²) in [5.74, 6) is 2.96. The Labute approximate surface area is 132 Å². The number of aromatic nitrogens is 3. The molecule has 0 spiro atoms. The highest BCUT2D eigenvalue weighted by atomic mass is 16.5. The van der Waals surface area contributed by atoms with Crippen LogP contribution in [0.1, 0.15) is 63.0 Å². The zero-order valence-corrected chi connectivity index (χ0v) is 13.6. The number of carbonyl (C=O) groups excluding carboxylic acids is 1. The first kappa shape index (κ1) is 15.5. The lowest BCUT2D eigenvalue weighted by atomic mass is 9.86. The molecule has 0 amide bonds. The maximum atomic E-state index is 11.7. The lowest BCUT2D eigenvalue weighted by Crippen LogP contribution is -2.17. The van der Waals surface area contributed by atoms with Crippen molar-refractivity contribution in [3.8, 4) is 0 Å². The van der Waals surface area contributed by atoms with E-state index in [4.69, 9.17) is 4.74 Å². The third kappa shape index (κ3) is 3.50. The minimum absolute atomic E-state index is 0.0119. The summed E-state index contributed by atoms with van der Waals surface area (Å²) < 4.78 is 7.15. The number of ether oxygens (including phenoxy) is 1. The van der Waals surface area contributed by atoms with Gasteiger partial charge in [-0.3, -0.25) is 4.79 Å². The highest BCUT2D eigenvalue weighted by Crippen LogP contribution is 2.28. The Kier molecular flexibility index (Phi) is 5.11. The van der Waals surface area contributed by atoms with E-state index in [1.807, 2.05) is 0 Å². The third-order valence-corrected chi connectivity index (χ3v) is 5.36. The fourth-order valence-electron chi connectivity index (χ4n) is 3.94. The first-order valence-corrected chi connectivity index (χ1v) is 8.76. The van der Waals surface area contributed by atoms with Crippen LogP contribution < -0.4 is 0 Å². The Bertz CT molecular complexity index is 506. The van der Waals surface area contributed by atoms with Gasteiger partial charge in [0.2, 0.25) is 0 Å². The molecule has 22 heavy (non-hydrogen) atoms. The Balaban J connectivity index is 1.59. The minimum Gasteiger partial charge on any atom is -0.469 e. The highest BCUT2D eigenvalue weighted by molar-refractivity contribution is 5.72. The van der Waals surface area contributed by atoms with Crippen molar-refractivity contribution in [2.75, 3.05) is 7.11 Å². The second-order valence-electron chi connectivity index (χ2n) is 6.77. The summed E-state index contributed by atoms with van der Waals surface area (Å²) in [6, 6.07) is 0. The summed E-state index contributed by atoms with van der Waals surface area (Å²) >= 11 is 0. The molecular formula is C17H27N3O2. The molecular weight excluding hydrogens is 278 g/mol. The van der Waals surface area contributed by atoms with Crippen molar-refractivity contribution in [3.05, 3.63) is 11.6 Å². The van der Waals surface area contributed by atoms with Gasteiger partial charge in [-0.25, -0.2) is 0 Å². The molecule has 1 aliphatic carbocycles. The van der Waals surface area contributed by atoms with Crippen LogP contribution in [-0.2, 0) is 28.9 Å². The number of esters is 1. The van der Waals surface area contributed by atoms with Crippen molar-refractivity contribution in [3.63, 3.8) is 0 Å². The smallest absolute Gasteiger partial charge is 0.308 e. The van der Waals surface area contributed by atoms with Crippen molar-refractivity contribution >= 4 is 5.97 Å². The average Bonchev–Trinajstić information content (AvgIpc) is 2.82. The van der Waals surface area contributed by atoms with Crippen LogP contribution in [0.5, 0.6) is 0 Å². The molecule has 5 nitrogen and oxygen atoms in total. The van der Waals surface area contributed by atoms with Crippen molar-refractivity contribution in [2.24, 2.45) is 11.8 Å². The van der Waals surface area contributed by atoms with E-state index in [0.717, 1.165) is 49.8 Å². The van der Waals surface area contributed by atoms with Crippen LogP contribution in [0.25, 0.3) is 0 Å². The molecule has 0 radical (unpaired) electrons. The number of carbonyl (C=O) groups is 1. The third-order valence-electron chi connectivity index (χ3n) is 5.36. The van der Waals surface area contributed by atoms with Crippen molar-refractivity contribution in [1.82, 2.24) is 14.8 Å². The Morgan fingerprint density at radius 3 is 2.77 bits per heavy atom. The molecule has 1 fully saturated rings. The normalized spacial score (nSPS) is 22.9. The van der Waals surface area contributed by atoms with Crippen LogP contribution in [0.3, 0.4) is 0 Å². The van der Waals surface area contributed by atoms with Gasteiger partial charge in [0, 0.05) is 19.4 Å². The topological polar surface area (TPSA) is 57.0 Å². The van der Waals surface area contributed by atoms with Gasteiger partial charge < -0.3 is 9.30 Å². The maximum Gasteiger partial charge on any atom is 0.308 e. The summed E-state index contributed by atoms with van der Waals surface area (Å²) in [7, 11) is 1.48. The van der Waals surface area contributed by atoms with Crippen molar-refractivity contribution in [1.29, 1.82) is 0 Å². The predicted octanol–water partition coefficient (Wildman–Crippen LogP) is 2.92. The van der Waals surface area contributed by atoms with E-state index in [9.17, 15) is 4.79 Å². The predicted molar refractivity (Wildman–Crippen MR) is 83.4 cm³/mol. The van der Waals surface area contributed by atoms with Crippen LogP contribution in [-0.4, -0.2) is 27.8 Å². The first-order chi connectivity index (χ1) is 10.8. The van der Waals surface area contributed by atoms with Crippen LogP contribution >= 0.6 is 0 Å². The largest absolute Gasteiger partial charge is 0.469 e. The van der Waals surface area contributed by atoms with Gasteiger partial charge in [-0.1, -0.05) is 32.1 Å². The molecule has 2 aliphatic rings. The van der Waals surface area contributed by atoms with Gasteiger partial charge in [0.1, 0.15) is 11.6 Å². The fourth-order valence-corrected chi connectivity index (χ4v) is 3.94. The van der Waals surface area contributed by atoms with Gasteiger partial charge in [0.05, 0.1) is 13.0 Å². The number of nitrogens with zero attached hydrogens (tertiary/aromatic N) is 3. The van der Waals surface area contributed by atoms with Crippen molar-refractivity contribution in [2.45, 2.75) is 70.8 Å². The van der Waals surface area contributed by atoms with Crippen molar-refractivity contribution < 1.29 is 9.53 Å². The van der Waals surface area contributed by atoms with Gasteiger partial charge in [0.25, 0.3) is 0 Å². The zero-order valence-electron chi connectivity index (χ0n) is 13.6. The minimum atomic E-state index is -0.0810. The lowest BCUT2D eigenvalue weighted by Gasteiger charge is -2.21. The lowest BCUT2D eigenvalue weighted by molar-refractivity contribution is -0.145. The molecule has 122 valence electrons. The first-order valence-electron chi connectivity index (χ1n) is 8.76. The van der Waals surface area contributed by atoms with Gasteiger partial charge in [-0.2, -0.15) is 0 Å². The Morgan fingerprint density at radius 2 is 2.00 bits per heavy atom. The summed E-state index contributed by atoms with van der Waals surface area (Å²) in [6.07, 6.45) is 11.7.